The van der Waals surface area contributed by atoms with Crippen LogP contribution in [0.1, 0.15) is 48.9 Å². The fourth-order valence-corrected chi connectivity index (χ4v) is 3.65. The van der Waals surface area contributed by atoms with E-state index in [-0.39, 0.29) is 11.9 Å². The molecule has 1 aliphatic heterocycles. The third kappa shape index (κ3) is 3.67. The molecule has 1 aromatic carbocycles. The quantitative estimate of drug-likeness (QED) is 0.899. The molecule has 23 heavy (non-hydrogen) atoms. The maximum Gasteiger partial charge on any atom is 0.308 e. The van der Waals surface area contributed by atoms with E-state index in [1.54, 1.807) is 18.2 Å². The Morgan fingerprint density at radius 2 is 1.83 bits per heavy atom. The number of hydrogen-bond donors (Lipinski definition) is 2. The molecular weight excluding hydrogens is 314 g/mol. The normalized spacial score (nSPS) is 23.3. The van der Waals surface area contributed by atoms with E-state index < -0.39 is 11.9 Å². The van der Waals surface area contributed by atoms with Crippen molar-refractivity contribution in [3.63, 3.8) is 0 Å². The molecule has 1 aliphatic carbocycles. The van der Waals surface area contributed by atoms with Gasteiger partial charge in [0, 0.05) is 11.6 Å². The van der Waals surface area contributed by atoms with Crippen molar-refractivity contribution in [2.45, 2.75) is 44.6 Å². The maximum absolute atomic E-state index is 12.5. The van der Waals surface area contributed by atoms with Gasteiger partial charge < -0.3 is 10.4 Å². The van der Waals surface area contributed by atoms with Gasteiger partial charge in [0.25, 0.3) is 5.91 Å². The van der Waals surface area contributed by atoms with E-state index in [0.29, 0.717) is 24.1 Å². The van der Waals surface area contributed by atoms with Crippen LogP contribution >= 0.6 is 0 Å². The molecule has 1 saturated carbocycles. The van der Waals surface area contributed by atoms with Crippen molar-refractivity contribution in [1.29, 1.82) is 0 Å². The average Bonchev–Trinajstić information content (AvgIpc) is 2.97. The lowest BCUT2D eigenvalue weighted by Gasteiger charge is -2.27. The maximum atomic E-state index is 12.5. The molecule has 1 fully saturated rings. The molecule has 2 unspecified atom stereocenters. The van der Waals surface area contributed by atoms with Crippen LogP contribution in [0, 0.1) is 5.92 Å². The number of carboxylic acids is 1. The summed E-state index contributed by atoms with van der Waals surface area (Å²) in [5.41, 5.74) is 1.95. The van der Waals surface area contributed by atoms with Crippen molar-refractivity contribution in [3.05, 3.63) is 23.8 Å². The van der Waals surface area contributed by atoms with Crippen LogP contribution in [0.25, 0.3) is 0 Å². The molecule has 6 nitrogen and oxygen atoms in total. The number of fused-ring (bicyclic) bond motifs is 1. The summed E-state index contributed by atoms with van der Waals surface area (Å²) >= 11 is 1.11. The molecule has 2 atom stereocenters. The first-order valence-electron chi connectivity index (χ1n) is 7.91. The summed E-state index contributed by atoms with van der Waals surface area (Å²) in [5.74, 6) is -1.57. The molecule has 3 rings (SSSR count). The highest BCUT2D eigenvalue weighted by atomic mass is 32.1. The topological polar surface area (TPSA) is 91.1 Å². The zero-order valence-electron chi connectivity index (χ0n) is 12.7. The Labute approximate surface area is 138 Å². The summed E-state index contributed by atoms with van der Waals surface area (Å²) in [6.07, 6.45) is 5.34. The van der Waals surface area contributed by atoms with Gasteiger partial charge in [0.1, 0.15) is 11.4 Å². The molecule has 0 spiro atoms. The smallest absolute Gasteiger partial charge is 0.308 e. The number of benzene rings is 1. The lowest BCUT2D eigenvalue weighted by atomic mass is 9.86. The van der Waals surface area contributed by atoms with Gasteiger partial charge in [0.2, 0.25) is 0 Å². The highest BCUT2D eigenvalue weighted by Gasteiger charge is 2.30. The van der Waals surface area contributed by atoms with E-state index >= 15 is 0 Å². The summed E-state index contributed by atoms with van der Waals surface area (Å²) < 4.78 is 8.25. The molecular formula is C16H19N3O3S. The lowest BCUT2D eigenvalue weighted by molar-refractivity contribution is -0.143. The van der Waals surface area contributed by atoms with Gasteiger partial charge in [-0.15, -0.1) is 0 Å². The van der Waals surface area contributed by atoms with E-state index in [4.69, 9.17) is 0 Å². The fraction of sp³-hybridized carbons (Fsp3) is 0.500. The van der Waals surface area contributed by atoms with E-state index in [9.17, 15) is 14.7 Å². The number of hydrogen-bond acceptors (Lipinski definition) is 4. The molecule has 1 amide bonds. The molecule has 7 heteroatoms. The Kier molecular flexibility index (Phi) is 4.85. The Morgan fingerprint density at radius 1 is 1.09 bits per heavy atom. The predicted octanol–water partition coefficient (Wildman–Crippen LogP) is 3.57. The number of amides is 1. The van der Waals surface area contributed by atoms with Crippen molar-refractivity contribution < 1.29 is 14.7 Å². The monoisotopic (exact) mass is 333 g/mol. The van der Waals surface area contributed by atoms with E-state index in [1.165, 1.54) is 0 Å². The van der Waals surface area contributed by atoms with Gasteiger partial charge in [0.15, 0.2) is 0 Å². The second-order valence-corrected chi connectivity index (χ2v) is 6.51. The van der Waals surface area contributed by atoms with Gasteiger partial charge in [-0.05, 0) is 31.0 Å². The first kappa shape index (κ1) is 15.9. The largest absolute Gasteiger partial charge is 0.481 e. The molecule has 0 radical (unpaired) electrons. The summed E-state index contributed by atoms with van der Waals surface area (Å²) in [5, 5.41) is 12.4. The SMILES string of the molecule is O=C(NC1CCCCCCC1C(=O)O)c1ccc2c(c1)N=S=N2. The third-order valence-corrected chi connectivity index (χ3v) is 4.97. The number of nitrogens with one attached hydrogen (secondary N) is 1. The van der Waals surface area contributed by atoms with Gasteiger partial charge in [-0.2, -0.15) is 8.73 Å². The molecule has 2 aliphatic rings. The highest BCUT2D eigenvalue weighted by molar-refractivity contribution is 7.58. The van der Waals surface area contributed by atoms with E-state index in [2.05, 4.69) is 14.0 Å². The van der Waals surface area contributed by atoms with Crippen LogP contribution < -0.4 is 5.32 Å². The van der Waals surface area contributed by atoms with Gasteiger partial charge in [0.05, 0.1) is 17.3 Å². The highest BCUT2D eigenvalue weighted by Crippen LogP contribution is 2.32. The summed E-state index contributed by atoms with van der Waals surface area (Å²) in [6, 6.07) is 4.86. The molecule has 1 heterocycles. The van der Waals surface area contributed by atoms with Gasteiger partial charge in [-0.1, -0.05) is 25.7 Å². The van der Waals surface area contributed by atoms with E-state index in [0.717, 1.165) is 42.7 Å². The lowest BCUT2D eigenvalue weighted by Crippen LogP contribution is -2.43. The summed E-state index contributed by atoms with van der Waals surface area (Å²) in [6.45, 7) is 0. The zero-order chi connectivity index (χ0) is 16.2. The number of rotatable bonds is 3. The number of carbonyl (C=O) groups is 2. The van der Waals surface area contributed by atoms with Gasteiger partial charge >= 0.3 is 5.97 Å². The van der Waals surface area contributed by atoms with Crippen LogP contribution in [-0.2, 0) is 16.1 Å². The van der Waals surface area contributed by atoms with Gasteiger partial charge in [-0.25, -0.2) is 0 Å². The van der Waals surface area contributed by atoms with Crippen molar-refractivity contribution in [2.24, 2.45) is 14.6 Å². The van der Waals surface area contributed by atoms with Crippen molar-refractivity contribution >= 4 is 34.6 Å². The third-order valence-electron chi connectivity index (χ3n) is 4.42. The standard InChI is InChI=1S/C16H19N3O3S/c20-15(10-7-8-13-14(9-10)19-23-18-13)17-12-6-4-2-1-3-5-11(12)16(21)22/h7-9,11-12H,1-6H2,(H,17,20)(H,21,22). The van der Waals surface area contributed by atoms with Crippen LogP contribution in [-0.4, -0.2) is 23.0 Å². The Balaban J connectivity index is 1.74. The van der Waals surface area contributed by atoms with Crippen LogP contribution in [0.4, 0.5) is 11.4 Å². The second-order valence-electron chi connectivity index (χ2n) is 5.98. The first-order valence-corrected chi connectivity index (χ1v) is 8.64. The summed E-state index contributed by atoms with van der Waals surface area (Å²) in [4.78, 5) is 24.0. The van der Waals surface area contributed by atoms with Crippen molar-refractivity contribution in [2.75, 3.05) is 0 Å². The Bertz CT molecular complexity index is 698. The number of carboxylic acid groups (broad SMARTS) is 1. The molecule has 122 valence electrons. The minimum Gasteiger partial charge on any atom is -0.481 e. The molecule has 0 aromatic heterocycles. The van der Waals surface area contributed by atoms with E-state index in [1.807, 2.05) is 0 Å². The summed E-state index contributed by atoms with van der Waals surface area (Å²) in [7, 11) is 0. The number of nitrogens with zero attached hydrogens (tertiary/aromatic N) is 2. The van der Waals surface area contributed by atoms with Crippen LogP contribution in [0.2, 0.25) is 0 Å². The predicted molar refractivity (Wildman–Crippen MR) is 88.1 cm³/mol. The molecule has 2 N–H and O–H groups in total. The Morgan fingerprint density at radius 3 is 2.61 bits per heavy atom. The van der Waals surface area contributed by atoms with Crippen molar-refractivity contribution in [1.82, 2.24) is 5.32 Å². The minimum atomic E-state index is -0.823. The van der Waals surface area contributed by atoms with Crippen LogP contribution in [0.15, 0.2) is 26.9 Å². The molecule has 0 bridgehead atoms. The van der Waals surface area contributed by atoms with Crippen LogP contribution in [0.3, 0.4) is 0 Å². The number of carbonyl (C=O) groups excluding carboxylic acids is 1. The Hall–Kier alpha value is -2.02. The fourth-order valence-electron chi connectivity index (χ4n) is 3.13. The zero-order valence-corrected chi connectivity index (χ0v) is 13.5. The average molecular weight is 333 g/mol. The van der Waals surface area contributed by atoms with Crippen LogP contribution in [0.5, 0.6) is 0 Å². The van der Waals surface area contributed by atoms with Gasteiger partial charge in [-0.3, -0.25) is 9.59 Å². The van der Waals surface area contributed by atoms with Crippen molar-refractivity contribution in [3.8, 4) is 0 Å². The first-order chi connectivity index (χ1) is 11.1. The molecule has 1 aromatic rings. The minimum absolute atomic E-state index is 0.239. The second kappa shape index (κ2) is 7.04. The molecule has 0 saturated heterocycles. The number of aliphatic carboxylic acids is 1.